The molecule has 5 heterocycles. The van der Waals surface area contributed by atoms with Crippen molar-refractivity contribution in [3.8, 4) is 0 Å². The third kappa shape index (κ3) is 5.40. The summed E-state index contributed by atoms with van der Waals surface area (Å²) >= 11 is 0. The van der Waals surface area contributed by atoms with Crippen molar-refractivity contribution in [3.05, 3.63) is 48.7 Å². The molecular weight excluding hydrogens is 534 g/mol. The number of carbonyl (C=O) groups excluding carboxylic acids is 2. The number of rotatable bonds is 9. The molecule has 0 spiro atoms. The lowest BCUT2D eigenvalue weighted by molar-refractivity contribution is -0.199. The zero-order valence-corrected chi connectivity index (χ0v) is 22.8. The molecule has 4 atom stereocenters. The van der Waals surface area contributed by atoms with Gasteiger partial charge >= 0.3 is 12.1 Å². The first-order valence-electron chi connectivity index (χ1n) is 13.3. The molecule has 41 heavy (non-hydrogen) atoms. The van der Waals surface area contributed by atoms with Crippen LogP contribution in [0.15, 0.2) is 43.1 Å². The minimum atomic E-state index is -0.872. The number of anilines is 1. The molecule has 14 nitrogen and oxygen atoms in total. The number of fused-ring (bicyclic) bond motifs is 3. The van der Waals surface area contributed by atoms with Gasteiger partial charge in [0.15, 0.2) is 29.0 Å². The topological polar surface area (TPSA) is 164 Å². The zero-order chi connectivity index (χ0) is 28.6. The summed E-state index contributed by atoms with van der Waals surface area (Å²) in [6.07, 6.45) is 2.84. The van der Waals surface area contributed by atoms with Gasteiger partial charge in [-0.15, -0.1) is 0 Å². The second kappa shape index (κ2) is 11.0. The number of hydrogen-bond acceptors (Lipinski definition) is 11. The summed E-state index contributed by atoms with van der Waals surface area (Å²) in [6, 6.07) is 8.19. The van der Waals surface area contributed by atoms with Gasteiger partial charge < -0.3 is 39.3 Å². The second-order valence-electron chi connectivity index (χ2n) is 10.2. The molecule has 0 bridgehead atoms. The number of para-hydroxylation sites is 1. The molecule has 2 fully saturated rings. The van der Waals surface area contributed by atoms with Gasteiger partial charge in [0.2, 0.25) is 0 Å². The van der Waals surface area contributed by atoms with Gasteiger partial charge in [-0.1, -0.05) is 18.2 Å². The number of methoxy groups -OCH3 is 1. The first-order chi connectivity index (χ1) is 19.8. The second-order valence-corrected chi connectivity index (χ2v) is 10.2. The maximum atomic E-state index is 12.1. The first-order valence-corrected chi connectivity index (χ1v) is 13.3. The highest BCUT2D eigenvalue weighted by Gasteiger charge is 2.56. The predicted molar refractivity (Wildman–Crippen MR) is 145 cm³/mol. The van der Waals surface area contributed by atoms with Gasteiger partial charge in [0.1, 0.15) is 37.8 Å². The molecule has 0 aliphatic carbocycles. The average molecular weight is 566 g/mol. The normalized spacial score (nSPS) is 23.0. The SMILES string of the molecule is COC(=O)CNC(=O)OCC1OC(n2cnc3c(NCCc4c[nH]c5ccccc45)ncnc32)C2OC(C)(C)OC12. The number of nitrogens with zero attached hydrogens (tertiary/aromatic N) is 4. The van der Waals surface area contributed by atoms with Crippen LogP contribution in [0.4, 0.5) is 10.6 Å². The Morgan fingerprint density at radius 1 is 1.15 bits per heavy atom. The smallest absolute Gasteiger partial charge is 0.407 e. The fourth-order valence-corrected chi connectivity index (χ4v) is 5.26. The highest BCUT2D eigenvalue weighted by atomic mass is 16.8. The molecule has 4 aromatic rings. The Morgan fingerprint density at radius 2 is 1.98 bits per heavy atom. The molecule has 2 saturated heterocycles. The predicted octanol–water partition coefficient (Wildman–Crippen LogP) is 2.28. The van der Waals surface area contributed by atoms with Crippen LogP contribution in [0.1, 0.15) is 25.6 Å². The van der Waals surface area contributed by atoms with Crippen LogP contribution >= 0.6 is 0 Å². The number of alkyl carbamates (subject to hydrolysis) is 1. The Balaban J connectivity index is 1.16. The molecule has 2 aliphatic heterocycles. The van der Waals surface area contributed by atoms with Crippen molar-refractivity contribution in [1.29, 1.82) is 0 Å². The van der Waals surface area contributed by atoms with Crippen LogP contribution in [0, 0.1) is 0 Å². The van der Waals surface area contributed by atoms with Gasteiger partial charge in [0, 0.05) is 23.6 Å². The van der Waals surface area contributed by atoms with Crippen molar-refractivity contribution in [2.24, 2.45) is 0 Å². The van der Waals surface area contributed by atoms with E-state index in [2.05, 4.69) is 47.4 Å². The quantitative estimate of drug-likeness (QED) is 0.255. The monoisotopic (exact) mass is 565 g/mol. The van der Waals surface area contributed by atoms with E-state index in [4.69, 9.17) is 18.9 Å². The Hall–Kier alpha value is -4.27. The van der Waals surface area contributed by atoms with Crippen LogP contribution in [0.25, 0.3) is 22.1 Å². The lowest BCUT2D eigenvalue weighted by Gasteiger charge is -2.24. The van der Waals surface area contributed by atoms with Crippen molar-refractivity contribution in [1.82, 2.24) is 29.8 Å². The van der Waals surface area contributed by atoms with E-state index in [0.717, 1.165) is 11.9 Å². The Morgan fingerprint density at radius 3 is 2.83 bits per heavy atom. The number of benzene rings is 1. The number of esters is 1. The van der Waals surface area contributed by atoms with E-state index >= 15 is 0 Å². The standard InChI is InChI=1S/C27H31N7O7/c1-27(2)40-21-18(12-38-26(36)30-11-19(35)37-3)39-25(22(21)41-27)34-14-33-20-23(31-13-32-24(20)34)28-9-8-15-10-29-17-7-5-4-6-16(15)17/h4-7,10,13-14,18,21-22,25,29H,8-9,11-12H2,1-3H3,(H,30,36)(H,28,31,32). The van der Waals surface area contributed by atoms with Gasteiger partial charge in [-0.2, -0.15) is 0 Å². The minimum Gasteiger partial charge on any atom is -0.468 e. The summed E-state index contributed by atoms with van der Waals surface area (Å²) < 4.78 is 30.1. The Labute approximate surface area is 234 Å². The highest BCUT2D eigenvalue weighted by molar-refractivity contribution is 5.84. The fraction of sp³-hybridized carbons (Fsp3) is 0.444. The Kier molecular flexibility index (Phi) is 7.19. The van der Waals surface area contributed by atoms with E-state index in [1.54, 1.807) is 10.9 Å². The van der Waals surface area contributed by atoms with Gasteiger partial charge in [0.25, 0.3) is 0 Å². The molecule has 3 N–H and O–H groups in total. The third-order valence-corrected chi connectivity index (χ3v) is 7.10. The summed E-state index contributed by atoms with van der Waals surface area (Å²) in [7, 11) is 1.23. The molecule has 14 heteroatoms. The van der Waals surface area contributed by atoms with Crippen molar-refractivity contribution in [2.45, 2.75) is 50.6 Å². The number of H-pyrrole nitrogens is 1. The number of amides is 1. The molecule has 6 rings (SSSR count). The van der Waals surface area contributed by atoms with Crippen LogP contribution < -0.4 is 10.6 Å². The molecule has 4 unspecified atom stereocenters. The average Bonchev–Trinajstić information content (AvgIpc) is 3.72. The van der Waals surface area contributed by atoms with Gasteiger partial charge in [-0.25, -0.2) is 19.7 Å². The number of carbonyl (C=O) groups is 2. The summed E-state index contributed by atoms with van der Waals surface area (Å²) in [5.41, 5.74) is 3.46. The van der Waals surface area contributed by atoms with Crippen molar-refractivity contribution in [2.75, 3.05) is 32.1 Å². The van der Waals surface area contributed by atoms with E-state index in [1.165, 1.54) is 24.4 Å². The van der Waals surface area contributed by atoms with Crippen LogP contribution in [0.3, 0.4) is 0 Å². The van der Waals surface area contributed by atoms with E-state index in [9.17, 15) is 9.59 Å². The summed E-state index contributed by atoms with van der Waals surface area (Å²) in [4.78, 5) is 40.1. The number of hydrogen-bond donors (Lipinski definition) is 3. The largest absolute Gasteiger partial charge is 0.468 e. The van der Waals surface area contributed by atoms with Crippen LogP contribution in [-0.2, 0) is 34.9 Å². The number of aromatic nitrogens is 5. The van der Waals surface area contributed by atoms with E-state index < -0.39 is 42.4 Å². The van der Waals surface area contributed by atoms with Crippen LogP contribution in [-0.4, -0.2) is 87.5 Å². The van der Waals surface area contributed by atoms with Crippen LogP contribution in [0.2, 0.25) is 0 Å². The molecule has 0 saturated carbocycles. The molecule has 1 amide bonds. The molecule has 216 valence electrons. The maximum Gasteiger partial charge on any atom is 0.407 e. The van der Waals surface area contributed by atoms with Gasteiger partial charge in [-0.05, 0) is 31.9 Å². The number of aromatic amines is 1. The minimum absolute atomic E-state index is 0.119. The Bertz CT molecular complexity index is 1570. The highest BCUT2D eigenvalue weighted by Crippen LogP contribution is 2.44. The number of ether oxygens (including phenoxy) is 5. The van der Waals surface area contributed by atoms with Crippen LogP contribution in [0.5, 0.6) is 0 Å². The number of imidazole rings is 1. The molecule has 1 aromatic carbocycles. The number of nitrogens with one attached hydrogen (secondary N) is 3. The fourth-order valence-electron chi connectivity index (χ4n) is 5.26. The summed E-state index contributed by atoms with van der Waals surface area (Å²) in [5.74, 6) is -0.855. The zero-order valence-electron chi connectivity index (χ0n) is 22.8. The molecular formula is C27H31N7O7. The third-order valence-electron chi connectivity index (χ3n) is 7.10. The van der Waals surface area contributed by atoms with Crippen molar-refractivity contribution >= 4 is 39.9 Å². The molecule has 2 aliphatic rings. The first kappa shape index (κ1) is 26.9. The van der Waals surface area contributed by atoms with Gasteiger partial charge in [0.05, 0.1) is 13.4 Å². The van der Waals surface area contributed by atoms with Gasteiger partial charge in [-0.3, -0.25) is 9.36 Å². The van der Waals surface area contributed by atoms with E-state index in [0.29, 0.717) is 23.5 Å². The van der Waals surface area contributed by atoms with E-state index in [1.807, 2.05) is 32.2 Å². The summed E-state index contributed by atoms with van der Waals surface area (Å²) in [5, 5.41) is 6.91. The molecule has 0 radical (unpaired) electrons. The lowest BCUT2D eigenvalue weighted by atomic mass is 10.1. The lowest BCUT2D eigenvalue weighted by Crippen LogP contribution is -2.37. The molecule has 3 aromatic heterocycles. The summed E-state index contributed by atoms with van der Waals surface area (Å²) in [6.45, 7) is 3.85. The van der Waals surface area contributed by atoms with E-state index in [-0.39, 0.29) is 13.2 Å². The van der Waals surface area contributed by atoms with Crippen molar-refractivity contribution in [3.63, 3.8) is 0 Å². The van der Waals surface area contributed by atoms with Crippen molar-refractivity contribution < 1.29 is 33.3 Å². The maximum absolute atomic E-state index is 12.1.